The quantitative estimate of drug-likeness (QED) is 0.637. The van der Waals surface area contributed by atoms with Crippen molar-refractivity contribution in [2.75, 3.05) is 37.7 Å². The standard InChI is InChI=1S/C20H24FN2O6P/c1-2-7-22-12-16(13-22)28-19-6-3-14(10-17(19)21)23-8-9-27-20-11-15(4-5-18(20)23)29-30(24,25)26/h3-6,10-11,16H,2,7-9,12-13H2,1H3,(H2,24,25,26). The Balaban J connectivity index is 1.49. The minimum atomic E-state index is -4.66. The summed E-state index contributed by atoms with van der Waals surface area (Å²) in [6.45, 7) is 5.61. The first kappa shape index (κ1) is 20.9. The van der Waals surface area contributed by atoms with E-state index >= 15 is 0 Å². The predicted octanol–water partition coefficient (Wildman–Crippen LogP) is 3.30. The Morgan fingerprint density at radius 3 is 2.73 bits per heavy atom. The fraction of sp³-hybridized carbons (Fsp3) is 0.400. The zero-order valence-electron chi connectivity index (χ0n) is 16.5. The van der Waals surface area contributed by atoms with Crippen LogP contribution in [0.25, 0.3) is 0 Å². The molecule has 4 rings (SSSR count). The van der Waals surface area contributed by atoms with Gasteiger partial charge in [-0.2, -0.15) is 0 Å². The van der Waals surface area contributed by atoms with Crippen molar-refractivity contribution in [3.63, 3.8) is 0 Å². The van der Waals surface area contributed by atoms with Crippen molar-refractivity contribution in [1.82, 2.24) is 4.90 Å². The Kier molecular flexibility index (Phi) is 5.88. The van der Waals surface area contributed by atoms with Crippen molar-refractivity contribution in [2.45, 2.75) is 19.4 Å². The smallest absolute Gasteiger partial charge is 0.489 e. The maximum Gasteiger partial charge on any atom is 0.524 e. The van der Waals surface area contributed by atoms with Crippen LogP contribution >= 0.6 is 7.82 Å². The lowest BCUT2D eigenvalue weighted by Crippen LogP contribution is -2.53. The fourth-order valence-corrected chi connectivity index (χ4v) is 4.08. The van der Waals surface area contributed by atoms with Crippen LogP contribution in [0, 0.1) is 5.82 Å². The molecule has 0 unspecified atom stereocenters. The third-order valence-corrected chi connectivity index (χ3v) is 5.45. The second-order valence-corrected chi connectivity index (χ2v) is 8.49. The monoisotopic (exact) mass is 438 g/mol. The molecule has 0 aromatic heterocycles. The van der Waals surface area contributed by atoms with E-state index < -0.39 is 13.6 Å². The Morgan fingerprint density at radius 2 is 2.03 bits per heavy atom. The average Bonchev–Trinajstić information content (AvgIpc) is 2.65. The lowest BCUT2D eigenvalue weighted by atomic mass is 10.1. The molecule has 0 atom stereocenters. The molecule has 0 aliphatic carbocycles. The first-order valence-electron chi connectivity index (χ1n) is 9.80. The molecule has 0 spiro atoms. The van der Waals surface area contributed by atoms with Gasteiger partial charge in [0.15, 0.2) is 11.6 Å². The lowest BCUT2D eigenvalue weighted by molar-refractivity contribution is 0.0179. The zero-order chi connectivity index (χ0) is 21.3. The minimum absolute atomic E-state index is 0.00326. The van der Waals surface area contributed by atoms with Crippen LogP contribution < -0.4 is 18.9 Å². The highest BCUT2D eigenvalue weighted by molar-refractivity contribution is 7.46. The van der Waals surface area contributed by atoms with Crippen molar-refractivity contribution in [3.8, 4) is 17.2 Å². The van der Waals surface area contributed by atoms with E-state index in [1.807, 2.05) is 4.90 Å². The number of fused-ring (bicyclic) bond motifs is 1. The summed E-state index contributed by atoms with van der Waals surface area (Å²) in [7, 11) is -4.66. The van der Waals surface area contributed by atoms with Gasteiger partial charge in [0.05, 0.1) is 12.2 Å². The van der Waals surface area contributed by atoms with Gasteiger partial charge in [-0.25, -0.2) is 8.96 Å². The van der Waals surface area contributed by atoms with E-state index in [4.69, 9.17) is 19.3 Å². The van der Waals surface area contributed by atoms with Gasteiger partial charge in [-0.05, 0) is 37.2 Å². The fourth-order valence-electron chi connectivity index (χ4n) is 3.69. The molecule has 1 saturated heterocycles. The van der Waals surface area contributed by atoms with Gasteiger partial charge in [-0.1, -0.05) is 6.92 Å². The summed E-state index contributed by atoms with van der Waals surface area (Å²) in [6.07, 6.45) is 1.09. The number of halogens is 1. The van der Waals surface area contributed by atoms with Crippen LogP contribution in [0.3, 0.4) is 0 Å². The van der Waals surface area contributed by atoms with Crippen molar-refractivity contribution in [2.24, 2.45) is 0 Å². The Hall–Kier alpha value is -2.32. The molecule has 0 amide bonds. The molecule has 1 fully saturated rings. The Labute approximate surface area is 174 Å². The Bertz CT molecular complexity index is 962. The molecule has 2 aliphatic rings. The van der Waals surface area contributed by atoms with Gasteiger partial charge in [0.1, 0.15) is 24.2 Å². The van der Waals surface area contributed by atoms with E-state index in [-0.39, 0.29) is 17.6 Å². The van der Waals surface area contributed by atoms with Gasteiger partial charge in [0, 0.05) is 30.9 Å². The Morgan fingerprint density at radius 1 is 1.23 bits per heavy atom. The molecule has 2 aliphatic heterocycles. The van der Waals surface area contributed by atoms with Crippen LogP contribution in [0.2, 0.25) is 0 Å². The van der Waals surface area contributed by atoms with E-state index in [0.717, 1.165) is 26.1 Å². The molecule has 2 heterocycles. The molecule has 10 heteroatoms. The molecule has 2 aromatic rings. The lowest BCUT2D eigenvalue weighted by Gasteiger charge is -2.39. The number of likely N-dealkylation sites (tertiary alicyclic amines) is 1. The van der Waals surface area contributed by atoms with E-state index in [2.05, 4.69) is 16.3 Å². The summed E-state index contributed by atoms with van der Waals surface area (Å²) in [5.41, 5.74) is 1.29. The average molecular weight is 438 g/mol. The number of anilines is 2. The number of phosphoric acid groups is 1. The largest absolute Gasteiger partial charge is 0.524 e. The highest BCUT2D eigenvalue weighted by Gasteiger charge is 2.29. The summed E-state index contributed by atoms with van der Waals surface area (Å²) >= 11 is 0. The molecule has 2 aromatic carbocycles. The van der Waals surface area contributed by atoms with Crippen LogP contribution in [-0.4, -0.2) is 53.6 Å². The molecule has 2 N–H and O–H groups in total. The summed E-state index contributed by atoms with van der Waals surface area (Å²) in [5.74, 6) is 0.199. The van der Waals surface area contributed by atoms with Crippen LogP contribution in [0.1, 0.15) is 13.3 Å². The molecular weight excluding hydrogens is 414 g/mol. The summed E-state index contributed by atoms with van der Waals surface area (Å²) in [5, 5.41) is 0. The van der Waals surface area contributed by atoms with Crippen molar-refractivity contribution < 1.29 is 32.7 Å². The number of hydrogen-bond acceptors (Lipinski definition) is 6. The number of hydrogen-bond donors (Lipinski definition) is 2. The number of nitrogens with zero attached hydrogens (tertiary/aromatic N) is 2. The molecule has 8 nitrogen and oxygen atoms in total. The molecule has 162 valence electrons. The number of benzene rings is 2. The summed E-state index contributed by atoms with van der Waals surface area (Å²) in [6, 6.07) is 9.31. The van der Waals surface area contributed by atoms with E-state index in [9.17, 15) is 8.96 Å². The molecule has 30 heavy (non-hydrogen) atoms. The third kappa shape index (κ3) is 4.70. The number of rotatable bonds is 7. The van der Waals surface area contributed by atoms with Gasteiger partial charge < -0.3 is 18.9 Å². The van der Waals surface area contributed by atoms with Crippen LogP contribution in [-0.2, 0) is 4.57 Å². The van der Waals surface area contributed by atoms with Crippen LogP contribution in [0.15, 0.2) is 36.4 Å². The SMILES string of the molecule is CCCN1CC(Oc2ccc(N3CCOc4cc(OP(=O)(O)O)ccc43)cc2F)C1. The predicted molar refractivity (Wildman–Crippen MR) is 109 cm³/mol. The molecular formula is C20H24FN2O6P. The highest BCUT2D eigenvalue weighted by Crippen LogP contribution is 2.43. The van der Waals surface area contributed by atoms with Gasteiger partial charge in [0.2, 0.25) is 0 Å². The number of phosphoric ester groups is 1. The maximum atomic E-state index is 14.7. The highest BCUT2D eigenvalue weighted by atomic mass is 31.2. The van der Waals surface area contributed by atoms with E-state index in [0.29, 0.717) is 30.3 Å². The second kappa shape index (κ2) is 8.43. The van der Waals surface area contributed by atoms with Crippen molar-refractivity contribution >= 4 is 19.2 Å². The molecule has 0 bridgehead atoms. The van der Waals surface area contributed by atoms with Gasteiger partial charge >= 0.3 is 7.82 Å². The van der Waals surface area contributed by atoms with Gasteiger partial charge in [-0.3, -0.25) is 14.7 Å². The van der Waals surface area contributed by atoms with Gasteiger partial charge in [0.25, 0.3) is 0 Å². The third-order valence-electron chi connectivity index (χ3n) is 5.00. The second-order valence-electron chi connectivity index (χ2n) is 7.33. The summed E-state index contributed by atoms with van der Waals surface area (Å²) < 4.78 is 41.7. The molecule has 0 radical (unpaired) electrons. The van der Waals surface area contributed by atoms with Crippen LogP contribution in [0.5, 0.6) is 17.2 Å². The summed E-state index contributed by atoms with van der Waals surface area (Å²) in [4.78, 5) is 22.1. The van der Waals surface area contributed by atoms with Crippen LogP contribution in [0.4, 0.5) is 15.8 Å². The zero-order valence-corrected chi connectivity index (χ0v) is 17.4. The van der Waals surface area contributed by atoms with E-state index in [1.165, 1.54) is 18.2 Å². The van der Waals surface area contributed by atoms with Gasteiger partial charge in [-0.15, -0.1) is 0 Å². The normalized spacial score (nSPS) is 17.1. The maximum absolute atomic E-state index is 14.7. The number of ether oxygens (including phenoxy) is 2. The first-order chi connectivity index (χ1) is 14.3. The topological polar surface area (TPSA) is 91.7 Å². The van der Waals surface area contributed by atoms with E-state index in [1.54, 1.807) is 18.2 Å². The van der Waals surface area contributed by atoms with Crippen molar-refractivity contribution in [1.29, 1.82) is 0 Å². The minimum Gasteiger partial charge on any atom is -0.489 e. The first-order valence-corrected chi connectivity index (χ1v) is 11.3. The molecule has 0 saturated carbocycles. The van der Waals surface area contributed by atoms with Crippen molar-refractivity contribution in [3.05, 3.63) is 42.2 Å².